The molecule has 1 amide bonds. The summed E-state index contributed by atoms with van der Waals surface area (Å²) in [6, 6.07) is 13.1. The van der Waals surface area contributed by atoms with Crippen LogP contribution in [0, 0.1) is 0 Å². The summed E-state index contributed by atoms with van der Waals surface area (Å²) >= 11 is 5.96. The number of sulfonamides is 1. The van der Waals surface area contributed by atoms with Crippen molar-refractivity contribution in [2.45, 2.75) is 43.6 Å². The third-order valence-corrected chi connectivity index (χ3v) is 6.96. The Morgan fingerprint density at radius 3 is 2.45 bits per heavy atom. The Kier molecular flexibility index (Phi) is 7.16. The number of anilines is 1. The molecule has 0 spiro atoms. The number of halogens is 1. The molecule has 8 heteroatoms. The first kappa shape index (κ1) is 21.6. The molecule has 1 N–H and O–H groups in total. The van der Waals surface area contributed by atoms with Gasteiger partial charge in [0, 0.05) is 23.8 Å². The van der Waals surface area contributed by atoms with Crippen LogP contribution in [0.15, 0.2) is 53.4 Å². The lowest BCUT2D eigenvalue weighted by Crippen LogP contribution is -2.35. The normalized spacial score (nSPS) is 16.2. The summed E-state index contributed by atoms with van der Waals surface area (Å²) in [5.74, 6) is 0.210. The predicted octanol–water partition coefficient (Wildman–Crippen LogP) is 4.31. The molecular formula is C21H25ClN2O4S. The van der Waals surface area contributed by atoms with Gasteiger partial charge in [0.1, 0.15) is 5.75 Å². The molecule has 1 atom stereocenters. The molecule has 1 saturated heterocycles. The molecule has 0 bridgehead atoms. The Morgan fingerprint density at radius 1 is 1.14 bits per heavy atom. The first-order valence-corrected chi connectivity index (χ1v) is 11.6. The topological polar surface area (TPSA) is 75.7 Å². The van der Waals surface area contributed by atoms with E-state index in [1.54, 1.807) is 36.4 Å². The maximum absolute atomic E-state index is 12.7. The number of hydrogen-bond donors (Lipinski definition) is 1. The van der Waals surface area contributed by atoms with E-state index in [1.165, 1.54) is 16.4 Å². The molecule has 29 heavy (non-hydrogen) atoms. The minimum absolute atomic E-state index is 0.236. The Bertz CT molecular complexity index is 941. The fraction of sp³-hybridized carbons (Fsp3) is 0.381. The van der Waals surface area contributed by atoms with E-state index >= 15 is 0 Å². The molecule has 156 valence electrons. The van der Waals surface area contributed by atoms with Crippen molar-refractivity contribution in [3.05, 3.63) is 53.6 Å². The van der Waals surface area contributed by atoms with Gasteiger partial charge in [-0.1, -0.05) is 31.0 Å². The maximum atomic E-state index is 12.7. The predicted molar refractivity (Wildman–Crippen MR) is 114 cm³/mol. The number of ether oxygens (including phenoxy) is 1. The second-order valence-electron chi connectivity index (χ2n) is 6.95. The highest BCUT2D eigenvalue weighted by molar-refractivity contribution is 7.89. The molecule has 1 aliphatic heterocycles. The van der Waals surface area contributed by atoms with E-state index in [9.17, 15) is 13.2 Å². The lowest BCUT2D eigenvalue weighted by Gasteiger charge is -2.26. The Morgan fingerprint density at radius 2 is 1.83 bits per heavy atom. The molecule has 1 fully saturated rings. The van der Waals surface area contributed by atoms with Crippen LogP contribution in [0.3, 0.4) is 0 Å². The SMILES string of the molecule is CCC(Oc1cccc(Cl)c1)C(=O)Nc1ccc(S(=O)(=O)N2CCCCC2)cc1. The van der Waals surface area contributed by atoms with E-state index < -0.39 is 16.1 Å². The van der Waals surface area contributed by atoms with E-state index in [2.05, 4.69) is 5.32 Å². The van der Waals surface area contributed by atoms with Gasteiger partial charge in [0.05, 0.1) is 4.90 Å². The summed E-state index contributed by atoms with van der Waals surface area (Å²) < 4.78 is 32.7. The molecule has 2 aromatic rings. The summed E-state index contributed by atoms with van der Waals surface area (Å²) in [5.41, 5.74) is 0.515. The molecule has 2 aromatic carbocycles. The van der Waals surface area contributed by atoms with Crippen LogP contribution < -0.4 is 10.1 Å². The van der Waals surface area contributed by atoms with Crippen LogP contribution in [0.2, 0.25) is 5.02 Å². The van der Waals surface area contributed by atoms with Gasteiger partial charge in [-0.3, -0.25) is 4.79 Å². The van der Waals surface area contributed by atoms with Gasteiger partial charge in [0.2, 0.25) is 10.0 Å². The standard InChI is InChI=1S/C21H25ClN2O4S/c1-2-20(28-18-8-6-7-16(22)15-18)21(25)23-17-9-11-19(12-10-17)29(26,27)24-13-4-3-5-14-24/h6-12,15,20H,2-5,13-14H2,1H3,(H,23,25). The zero-order chi connectivity index (χ0) is 20.9. The van der Waals surface area contributed by atoms with Gasteiger partial charge in [0.25, 0.3) is 5.91 Å². The molecule has 1 unspecified atom stereocenters. The monoisotopic (exact) mass is 436 g/mol. The van der Waals surface area contributed by atoms with E-state index in [-0.39, 0.29) is 10.8 Å². The van der Waals surface area contributed by atoms with Gasteiger partial charge < -0.3 is 10.1 Å². The second-order valence-corrected chi connectivity index (χ2v) is 9.32. The molecule has 3 rings (SSSR count). The molecule has 1 heterocycles. The van der Waals surface area contributed by atoms with Crippen molar-refractivity contribution in [2.24, 2.45) is 0 Å². The van der Waals surface area contributed by atoms with Gasteiger partial charge in [-0.25, -0.2) is 8.42 Å². The first-order chi connectivity index (χ1) is 13.9. The Balaban J connectivity index is 1.65. The van der Waals surface area contributed by atoms with Crippen molar-refractivity contribution in [3.8, 4) is 5.75 Å². The lowest BCUT2D eigenvalue weighted by molar-refractivity contribution is -0.122. The van der Waals surface area contributed by atoms with Crippen molar-refractivity contribution in [1.29, 1.82) is 0 Å². The van der Waals surface area contributed by atoms with Crippen LogP contribution >= 0.6 is 11.6 Å². The lowest BCUT2D eigenvalue weighted by atomic mass is 10.2. The number of rotatable bonds is 7. The number of amides is 1. The summed E-state index contributed by atoms with van der Waals surface area (Å²) in [5, 5.41) is 3.31. The third kappa shape index (κ3) is 5.50. The number of nitrogens with one attached hydrogen (secondary N) is 1. The fourth-order valence-corrected chi connectivity index (χ4v) is 4.91. The first-order valence-electron chi connectivity index (χ1n) is 9.73. The number of carbonyl (C=O) groups is 1. The summed E-state index contributed by atoms with van der Waals surface area (Å²) in [4.78, 5) is 12.8. The molecule has 0 radical (unpaired) electrons. The van der Waals surface area contributed by atoms with Crippen molar-refractivity contribution < 1.29 is 17.9 Å². The average Bonchev–Trinajstić information content (AvgIpc) is 2.73. The van der Waals surface area contributed by atoms with Gasteiger partial charge in [0.15, 0.2) is 6.10 Å². The molecule has 1 aliphatic rings. The zero-order valence-corrected chi connectivity index (χ0v) is 17.9. The number of hydrogen-bond acceptors (Lipinski definition) is 4. The highest BCUT2D eigenvalue weighted by Gasteiger charge is 2.26. The van der Waals surface area contributed by atoms with Gasteiger partial charge in [-0.2, -0.15) is 4.31 Å². The van der Waals surface area contributed by atoms with E-state index in [0.29, 0.717) is 36.0 Å². The van der Waals surface area contributed by atoms with E-state index in [4.69, 9.17) is 16.3 Å². The number of carbonyl (C=O) groups excluding carboxylic acids is 1. The smallest absolute Gasteiger partial charge is 0.265 e. The zero-order valence-electron chi connectivity index (χ0n) is 16.3. The van der Waals surface area contributed by atoms with Gasteiger partial charge in [-0.05, 0) is 61.7 Å². The van der Waals surface area contributed by atoms with Crippen molar-refractivity contribution in [2.75, 3.05) is 18.4 Å². The average molecular weight is 437 g/mol. The number of nitrogens with zero attached hydrogens (tertiary/aromatic N) is 1. The maximum Gasteiger partial charge on any atom is 0.265 e. The quantitative estimate of drug-likeness (QED) is 0.701. The number of piperidine rings is 1. The summed E-state index contributed by atoms with van der Waals surface area (Å²) in [6.45, 7) is 2.96. The minimum Gasteiger partial charge on any atom is -0.481 e. The van der Waals surface area contributed by atoms with Crippen LogP contribution in [0.1, 0.15) is 32.6 Å². The molecule has 0 aliphatic carbocycles. The highest BCUT2D eigenvalue weighted by Crippen LogP contribution is 2.23. The molecule has 0 aromatic heterocycles. The van der Waals surface area contributed by atoms with Crippen molar-refractivity contribution in [3.63, 3.8) is 0 Å². The van der Waals surface area contributed by atoms with E-state index in [1.807, 2.05) is 6.92 Å². The largest absolute Gasteiger partial charge is 0.481 e. The number of benzene rings is 2. The van der Waals surface area contributed by atoms with E-state index in [0.717, 1.165) is 19.3 Å². The summed E-state index contributed by atoms with van der Waals surface area (Å²) in [6.07, 6.45) is 2.62. The summed E-state index contributed by atoms with van der Waals surface area (Å²) in [7, 11) is -3.49. The van der Waals surface area contributed by atoms with Crippen LogP contribution in [0.25, 0.3) is 0 Å². The van der Waals surface area contributed by atoms with Crippen molar-refractivity contribution >= 4 is 33.2 Å². The van der Waals surface area contributed by atoms with Crippen LogP contribution in [-0.2, 0) is 14.8 Å². The Labute approximate surface area is 176 Å². The van der Waals surface area contributed by atoms with Crippen LogP contribution in [0.5, 0.6) is 5.75 Å². The third-order valence-electron chi connectivity index (χ3n) is 4.81. The molecular weight excluding hydrogens is 412 g/mol. The van der Waals surface area contributed by atoms with Gasteiger partial charge >= 0.3 is 0 Å². The van der Waals surface area contributed by atoms with Crippen molar-refractivity contribution in [1.82, 2.24) is 4.31 Å². The molecule has 6 nitrogen and oxygen atoms in total. The second kappa shape index (κ2) is 9.61. The van der Waals surface area contributed by atoms with Gasteiger partial charge in [-0.15, -0.1) is 0 Å². The highest BCUT2D eigenvalue weighted by atomic mass is 35.5. The Hall–Kier alpha value is -2.09. The van der Waals surface area contributed by atoms with Crippen LogP contribution in [-0.4, -0.2) is 37.8 Å². The fourth-order valence-electron chi connectivity index (χ4n) is 3.21. The van der Waals surface area contributed by atoms with Crippen LogP contribution in [0.4, 0.5) is 5.69 Å². The molecule has 0 saturated carbocycles. The minimum atomic E-state index is -3.49.